The summed E-state index contributed by atoms with van der Waals surface area (Å²) < 4.78 is 0. The molecule has 1 N–H and O–H groups in total. The third-order valence-electron chi connectivity index (χ3n) is 3.02. The highest BCUT2D eigenvalue weighted by atomic mass is 35.5. The topological polar surface area (TPSA) is 24.9 Å². The molecule has 2 nitrogen and oxygen atoms in total. The van der Waals surface area contributed by atoms with Gasteiger partial charge in [-0.1, -0.05) is 18.0 Å². The SMILES string of the molecule is Clc1ccc(NCC2CCCC(Cl)C2)nc1. The second-order valence-electron chi connectivity index (χ2n) is 4.37. The maximum atomic E-state index is 6.15. The van der Waals surface area contributed by atoms with Gasteiger partial charge in [-0.15, -0.1) is 11.6 Å². The molecule has 88 valence electrons. The van der Waals surface area contributed by atoms with Crippen molar-refractivity contribution < 1.29 is 0 Å². The molecule has 1 aliphatic rings. The van der Waals surface area contributed by atoms with Crippen LogP contribution in [0.1, 0.15) is 25.7 Å². The molecule has 0 amide bonds. The Kier molecular flexibility index (Phi) is 4.30. The fourth-order valence-electron chi connectivity index (χ4n) is 2.14. The van der Waals surface area contributed by atoms with Crippen LogP contribution >= 0.6 is 23.2 Å². The predicted molar refractivity (Wildman–Crippen MR) is 69.3 cm³/mol. The van der Waals surface area contributed by atoms with Crippen molar-refractivity contribution in [1.82, 2.24) is 4.98 Å². The summed E-state index contributed by atoms with van der Waals surface area (Å²) in [7, 11) is 0. The number of pyridine rings is 1. The second-order valence-corrected chi connectivity index (χ2v) is 5.43. The average molecular weight is 259 g/mol. The van der Waals surface area contributed by atoms with Crippen LogP contribution in [-0.2, 0) is 0 Å². The zero-order valence-corrected chi connectivity index (χ0v) is 10.6. The lowest BCUT2D eigenvalue weighted by atomic mass is 9.89. The maximum absolute atomic E-state index is 6.15. The number of hydrogen-bond acceptors (Lipinski definition) is 2. The summed E-state index contributed by atoms with van der Waals surface area (Å²) >= 11 is 11.9. The summed E-state index contributed by atoms with van der Waals surface area (Å²) in [6.45, 7) is 0.956. The lowest BCUT2D eigenvalue weighted by Gasteiger charge is -2.25. The van der Waals surface area contributed by atoms with E-state index < -0.39 is 0 Å². The summed E-state index contributed by atoms with van der Waals surface area (Å²) in [5, 5.41) is 4.36. The summed E-state index contributed by atoms with van der Waals surface area (Å²) in [5.41, 5.74) is 0. The summed E-state index contributed by atoms with van der Waals surface area (Å²) in [6, 6.07) is 3.76. The van der Waals surface area contributed by atoms with Crippen LogP contribution < -0.4 is 5.32 Å². The van der Waals surface area contributed by atoms with Gasteiger partial charge in [-0.3, -0.25) is 0 Å². The molecule has 1 heterocycles. The molecule has 0 saturated heterocycles. The summed E-state index contributed by atoms with van der Waals surface area (Å²) in [6.07, 6.45) is 6.45. The zero-order valence-electron chi connectivity index (χ0n) is 9.13. The molecule has 0 spiro atoms. The quantitative estimate of drug-likeness (QED) is 0.831. The first-order valence-corrected chi connectivity index (χ1v) is 6.55. The third kappa shape index (κ3) is 3.53. The fourth-order valence-corrected chi connectivity index (χ4v) is 2.66. The van der Waals surface area contributed by atoms with Gasteiger partial charge >= 0.3 is 0 Å². The van der Waals surface area contributed by atoms with Crippen LogP contribution in [0.3, 0.4) is 0 Å². The van der Waals surface area contributed by atoms with E-state index in [4.69, 9.17) is 23.2 Å². The Morgan fingerprint density at radius 2 is 2.25 bits per heavy atom. The normalized spacial score (nSPS) is 25.4. The molecule has 0 aliphatic heterocycles. The monoisotopic (exact) mass is 258 g/mol. The number of aromatic nitrogens is 1. The fraction of sp³-hybridized carbons (Fsp3) is 0.583. The number of nitrogens with one attached hydrogen (secondary N) is 1. The van der Waals surface area contributed by atoms with E-state index in [0.717, 1.165) is 25.2 Å². The van der Waals surface area contributed by atoms with Gasteiger partial charge < -0.3 is 5.32 Å². The minimum absolute atomic E-state index is 0.360. The minimum atomic E-state index is 0.360. The second kappa shape index (κ2) is 5.74. The molecule has 4 heteroatoms. The molecule has 1 aromatic heterocycles. The van der Waals surface area contributed by atoms with Gasteiger partial charge in [0.05, 0.1) is 5.02 Å². The highest BCUT2D eigenvalue weighted by Gasteiger charge is 2.19. The van der Waals surface area contributed by atoms with E-state index in [2.05, 4.69) is 10.3 Å². The molecule has 1 aliphatic carbocycles. The van der Waals surface area contributed by atoms with Crippen molar-refractivity contribution in [2.45, 2.75) is 31.1 Å². The molecule has 1 aromatic rings. The molecule has 2 atom stereocenters. The van der Waals surface area contributed by atoms with Crippen molar-refractivity contribution in [2.24, 2.45) is 5.92 Å². The van der Waals surface area contributed by atoms with E-state index in [0.29, 0.717) is 16.3 Å². The molecule has 1 fully saturated rings. The van der Waals surface area contributed by atoms with Crippen LogP contribution in [0.5, 0.6) is 0 Å². The van der Waals surface area contributed by atoms with Gasteiger partial charge in [0.15, 0.2) is 0 Å². The van der Waals surface area contributed by atoms with E-state index in [1.54, 1.807) is 6.20 Å². The van der Waals surface area contributed by atoms with Crippen molar-refractivity contribution in [3.63, 3.8) is 0 Å². The van der Waals surface area contributed by atoms with E-state index >= 15 is 0 Å². The van der Waals surface area contributed by atoms with Crippen LogP contribution in [-0.4, -0.2) is 16.9 Å². The Hall–Kier alpha value is -0.470. The van der Waals surface area contributed by atoms with Crippen molar-refractivity contribution in [1.29, 1.82) is 0 Å². The van der Waals surface area contributed by atoms with Gasteiger partial charge in [-0.2, -0.15) is 0 Å². The van der Waals surface area contributed by atoms with Crippen LogP contribution in [0.15, 0.2) is 18.3 Å². The lowest BCUT2D eigenvalue weighted by molar-refractivity contribution is 0.378. The van der Waals surface area contributed by atoms with Crippen molar-refractivity contribution >= 4 is 29.0 Å². The van der Waals surface area contributed by atoms with Gasteiger partial charge in [0.2, 0.25) is 0 Å². The summed E-state index contributed by atoms with van der Waals surface area (Å²) in [5.74, 6) is 1.56. The van der Waals surface area contributed by atoms with Gasteiger partial charge in [0.1, 0.15) is 5.82 Å². The Labute approximate surface area is 106 Å². The molecule has 1 saturated carbocycles. The highest BCUT2D eigenvalue weighted by Crippen LogP contribution is 2.27. The molecular weight excluding hydrogens is 243 g/mol. The first kappa shape index (κ1) is 12.0. The smallest absolute Gasteiger partial charge is 0.125 e. The number of rotatable bonds is 3. The predicted octanol–water partition coefficient (Wildman–Crippen LogP) is 3.94. The number of hydrogen-bond donors (Lipinski definition) is 1. The van der Waals surface area contributed by atoms with Gasteiger partial charge in [0.25, 0.3) is 0 Å². The largest absolute Gasteiger partial charge is 0.370 e. The first-order chi connectivity index (χ1) is 7.74. The maximum Gasteiger partial charge on any atom is 0.125 e. The van der Waals surface area contributed by atoms with Crippen molar-refractivity contribution in [2.75, 3.05) is 11.9 Å². The third-order valence-corrected chi connectivity index (χ3v) is 3.64. The van der Waals surface area contributed by atoms with E-state index in [1.807, 2.05) is 12.1 Å². The molecule has 16 heavy (non-hydrogen) atoms. The molecule has 2 unspecified atom stereocenters. The minimum Gasteiger partial charge on any atom is -0.370 e. The standard InChI is InChI=1S/C12H16Cl2N2/c13-10-3-1-2-9(6-10)7-15-12-5-4-11(14)8-16-12/h4-5,8-10H,1-3,6-7H2,(H,15,16). The Morgan fingerprint density at radius 1 is 1.38 bits per heavy atom. The molecule has 0 bridgehead atoms. The summed E-state index contributed by atoms with van der Waals surface area (Å²) in [4.78, 5) is 4.21. The van der Waals surface area contributed by atoms with Crippen molar-refractivity contribution in [3.05, 3.63) is 23.4 Å². The number of anilines is 1. The van der Waals surface area contributed by atoms with E-state index in [-0.39, 0.29) is 0 Å². The van der Waals surface area contributed by atoms with Crippen LogP contribution in [0.2, 0.25) is 5.02 Å². The lowest BCUT2D eigenvalue weighted by Crippen LogP contribution is -2.22. The van der Waals surface area contributed by atoms with Gasteiger partial charge in [-0.05, 0) is 37.3 Å². The van der Waals surface area contributed by atoms with E-state index in [9.17, 15) is 0 Å². The zero-order chi connectivity index (χ0) is 11.4. The number of nitrogens with zero attached hydrogens (tertiary/aromatic N) is 1. The van der Waals surface area contributed by atoms with Crippen LogP contribution in [0, 0.1) is 5.92 Å². The Bertz CT molecular complexity index is 326. The average Bonchev–Trinajstić information content (AvgIpc) is 2.28. The molecule has 2 rings (SSSR count). The Morgan fingerprint density at radius 3 is 2.94 bits per heavy atom. The van der Waals surface area contributed by atoms with Crippen LogP contribution in [0.4, 0.5) is 5.82 Å². The molecule has 0 aromatic carbocycles. The van der Waals surface area contributed by atoms with Crippen molar-refractivity contribution in [3.8, 4) is 0 Å². The number of halogens is 2. The van der Waals surface area contributed by atoms with E-state index in [1.165, 1.54) is 12.8 Å². The van der Waals surface area contributed by atoms with Gasteiger partial charge in [-0.25, -0.2) is 4.98 Å². The van der Waals surface area contributed by atoms with Gasteiger partial charge in [0, 0.05) is 18.1 Å². The molecule has 0 radical (unpaired) electrons. The van der Waals surface area contributed by atoms with Crippen LogP contribution in [0.25, 0.3) is 0 Å². The molecular formula is C12H16Cl2N2. The highest BCUT2D eigenvalue weighted by molar-refractivity contribution is 6.30. The number of alkyl halides is 1. The Balaban J connectivity index is 1.80. The first-order valence-electron chi connectivity index (χ1n) is 5.73.